The van der Waals surface area contributed by atoms with Crippen LogP contribution in [0, 0.1) is 0 Å². The molecular weight excluding hydrogens is 388 g/mol. The highest BCUT2D eigenvalue weighted by Crippen LogP contribution is 2.49. The van der Waals surface area contributed by atoms with E-state index in [1.165, 1.54) is 0 Å². The van der Waals surface area contributed by atoms with Crippen LogP contribution in [0.5, 0.6) is 17.2 Å². The summed E-state index contributed by atoms with van der Waals surface area (Å²) in [6.45, 7) is 0. The number of Topliss-reactive ketones (excluding diaryl/α,β-unsaturated/α-hetero) is 1. The summed E-state index contributed by atoms with van der Waals surface area (Å²) in [7, 11) is 1.58. The molecule has 0 spiro atoms. The van der Waals surface area contributed by atoms with Crippen molar-refractivity contribution in [2.24, 2.45) is 0 Å². The smallest absolute Gasteiger partial charge is 0.312 e. The Morgan fingerprint density at radius 1 is 1.10 bits per heavy atom. The summed E-state index contributed by atoms with van der Waals surface area (Å²) in [5.74, 6) is 1.10. The van der Waals surface area contributed by atoms with Crippen molar-refractivity contribution in [3.63, 3.8) is 0 Å². The Morgan fingerprint density at radius 2 is 1.97 bits per heavy atom. The van der Waals surface area contributed by atoms with Crippen LogP contribution >= 0.6 is 11.3 Å². The van der Waals surface area contributed by atoms with E-state index in [4.69, 9.17) is 14.2 Å². The van der Waals surface area contributed by atoms with Crippen LogP contribution in [-0.2, 0) is 4.79 Å². The third kappa shape index (κ3) is 2.93. The first-order valence-electron chi connectivity index (χ1n) is 9.12. The molecule has 2 aliphatic rings. The number of hydrogen-bond acceptors (Lipinski definition) is 6. The lowest BCUT2D eigenvalue weighted by molar-refractivity contribution is -0.135. The quantitative estimate of drug-likeness (QED) is 0.356. The van der Waals surface area contributed by atoms with E-state index in [-0.39, 0.29) is 29.9 Å². The van der Waals surface area contributed by atoms with E-state index in [9.17, 15) is 9.59 Å². The summed E-state index contributed by atoms with van der Waals surface area (Å²) >= 11 is 1.56. The van der Waals surface area contributed by atoms with Crippen molar-refractivity contribution in [2.75, 3.05) is 7.11 Å². The van der Waals surface area contributed by atoms with Crippen molar-refractivity contribution in [3.8, 4) is 17.2 Å². The van der Waals surface area contributed by atoms with Gasteiger partial charge in [-0.15, -0.1) is 0 Å². The zero-order valence-electron chi connectivity index (χ0n) is 15.5. The van der Waals surface area contributed by atoms with Gasteiger partial charge in [-0.2, -0.15) is 11.3 Å². The molecule has 0 aliphatic carbocycles. The fraction of sp³-hybridized carbons (Fsp3) is 0.130. The average molecular weight is 404 g/mol. The second-order valence-corrected chi connectivity index (χ2v) is 7.60. The minimum Gasteiger partial charge on any atom is -0.496 e. The van der Waals surface area contributed by atoms with Gasteiger partial charge in [-0.05, 0) is 46.7 Å². The van der Waals surface area contributed by atoms with Gasteiger partial charge in [0.05, 0.1) is 19.1 Å². The molecule has 3 heterocycles. The number of rotatable bonds is 3. The maximum absolute atomic E-state index is 13.0. The fourth-order valence-corrected chi connectivity index (χ4v) is 4.51. The van der Waals surface area contributed by atoms with E-state index >= 15 is 0 Å². The number of ketones is 1. The lowest BCUT2D eigenvalue weighted by Gasteiger charge is -2.25. The number of hydrogen-bond donors (Lipinski definition) is 0. The highest BCUT2D eigenvalue weighted by molar-refractivity contribution is 7.08. The van der Waals surface area contributed by atoms with Gasteiger partial charge in [-0.25, -0.2) is 0 Å². The maximum atomic E-state index is 13.0. The number of methoxy groups -OCH3 is 1. The Bertz CT molecular complexity index is 1160. The van der Waals surface area contributed by atoms with Crippen LogP contribution in [0.25, 0.3) is 6.08 Å². The van der Waals surface area contributed by atoms with Gasteiger partial charge >= 0.3 is 5.97 Å². The van der Waals surface area contributed by atoms with Crippen LogP contribution in [-0.4, -0.2) is 18.9 Å². The number of para-hydroxylation sites is 1. The van der Waals surface area contributed by atoms with Gasteiger partial charge in [0.25, 0.3) is 0 Å². The Morgan fingerprint density at radius 3 is 2.76 bits per heavy atom. The van der Waals surface area contributed by atoms with E-state index < -0.39 is 0 Å². The summed E-state index contributed by atoms with van der Waals surface area (Å²) in [6.07, 6.45) is 1.89. The van der Waals surface area contributed by atoms with E-state index in [0.717, 1.165) is 16.7 Å². The second-order valence-electron chi connectivity index (χ2n) is 6.82. The SMILES string of the molecule is COc1ccccc1/C=C1\Oc2c(ccc3c2C(c2ccsc2)CC(=O)O3)C1=O. The molecule has 0 N–H and O–H groups in total. The van der Waals surface area contributed by atoms with Crippen molar-refractivity contribution in [3.05, 3.63) is 81.2 Å². The summed E-state index contributed by atoms with van der Waals surface area (Å²) in [5.41, 5.74) is 2.99. The number of allylic oxidation sites excluding steroid dienone is 1. The van der Waals surface area contributed by atoms with Gasteiger partial charge in [0.15, 0.2) is 5.76 Å². The number of esters is 1. The van der Waals surface area contributed by atoms with E-state index in [2.05, 4.69) is 0 Å². The molecule has 29 heavy (non-hydrogen) atoms. The molecule has 2 aromatic carbocycles. The Balaban J connectivity index is 1.62. The molecule has 0 amide bonds. The highest BCUT2D eigenvalue weighted by atomic mass is 32.1. The molecule has 0 saturated heterocycles. The average Bonchev–Trinajstić information content (AvgIpc) is 3.37. The van der Waals surface area contributed by atoms with Gasteiger partial charge in [0.1, 0.15) is 17.2 Å². The standard InChI is InChI=1S/C23H16O5S/c1-26-17-5-3-2-4-13(17)10-19-22(25)15-6-7-18-21(23(15)28-19)16(11-20(24)27-18)14-8-9-29-12-14/h2-10,12,16H,11H2,1H3/b19-10-. The predicted octanol–water partition coefficient (Wildman–Crippen LogP) is 4.81. The van der Waals surface area contributed by atoms with Crippen molar-refractivity contribution < 1.29 is 23.8 Å². The monoisotopic (exact) mass is 404 g/mol. The molecule has 0 saturated carbocycles. The first-order chi connectivity index (χ1) is 14.2. The zero-order chi connectivity index (χ0) is 20.0. The number of carbonyl (C=O) groups is 2. The van der Waals surface area contributed by atoms with Gasteiger partial charge in [-0.3, -0.25) is 9.59 Å². The Kier molecular flexibility index (Phi) is 4.21. The molecule has 0 radical (unpaired) electrons. The molecular formula is C23H16O5S. The molecule has 5 rings (SSSR count). The molecule has 144 valence electrons. The Hall–Kier alpha value is -3.38. The molecule has 3 aromatic rings. The van der Waals surface area contributed by atoms with Crippen LogP contribution in [0.1, 0.15) is 39.4 Å². The van der Waals surface area contributed by atoms with Crippen molar-refractivity contribution >= 4 is 29.2 Å². The Labute approximate surface area is 171 Å². The predicted molar refractivity (Wildman–Crippen MR) is 109 cm³/mol. The largest absolute Gasteiger partial charge is 0.496 e. The minimum atomic E-state index is -0.289. The van der Waals surface area contributed by atoms with E-state index in [1.807, 2.05) is 41.1 Å². The van der Waals surface area contributed by atoms with Crippen LogP contribution in [0.2, 0.25) is 0 Å². The van der Waals surface area contributed by atoms with Gasteiger partial charge in [-0.1, -0.05) is 18.2 Å². The summed E-state index contributed by atoms with van der Waals surface area (Å²) in [4.78, 5) is 25.1. The number of thiophene rings is 1. The van der Waals surface area contributed by atoms with E-state index in [1.54, 1.807) is 36.7 Å². The van der Waals surface area contributed by atoms with Crippen LogP contribution in [0.15, 0.2) is 59.0 Å². The molecule has 0 bridgehead atoms. The molecule has 0 fully saturated rings. The van der Waals surface area contributed by atoms with Gasteiger partial charge < -0.3 is 14.2 Å². The van der Waals surface area contributed by atoms with Crippen LogP contribution in [0.4, 0.5) is 0 Å². The van der Waals surface area contributed by atoms with Crippen molar-refractivity contribution in [2.45, 2.75) is 12.3 Å². The topological polar surface area (TPSA) is 61.8 Å². The number of carbonyl (C=O) groups excluding carboxylic acids is 2. The first-order valence-corrected chi connectivity index (χ1v) is 10.1. The van der Waals surface area contributed by atoms with Crippen LogP contribution in [0.3, 0.4) is 0 Å². The molecule has 1 aromatic heterocycles. The van der Waals surface area contributed by atoms with Crippen molar-refractivity contribution in [1.82, 2.24) is 0 Å². The number of ether oxygens (including phenoxy) is 3. The summed E-state index contributed by atoms with van der Waals surface area (Å²) < 4.78 is 16.9. The van der Waals surface area contributed by atoms with Crippen LogP contribution < -0.4 is 14.2 Å². The third-order valence-electron chi connectivity index (χ3n) is 5.15. The molecule has 1 unspecified atom stereocenters. The molecule has 1 atom stereocenters. The number of benzene rings is 2. The zero-order valence-corrected chi connectivity index (χ0v) is 16.3. The maximum Gasteiger partial charge on any atom is 0.312 e. The molecule has 2 aliphatic heterocycles. The minimum absolute atomic E-state index is 0.199. The lowest BCUT2D eigenvalue weighted by Crippen LogP contribution is -2.21. The molecule has 6 heteroatoms. The first kappa shape index (κ1) is 17.7. The second kappa shape index (κ2) is 6.90. The van der Waals surface area contributed by atoms with Gasteiger partial charge in [0.2, 0.25) is 5.78 Å². The third-order valence-corrected chi connectivity index (χ3v) is 5.85. The van der Waals surface area contributed by atoms with Gasteiger partial charge in [0, 0.05) is 17.0 Å². The fourth-order valence-electron chi connectivity index (χ4n) is 3.79. The van der Waals surface area contributed by atoms with E-state index in [0.29, 0.717) is 22.8 Å². The normalized spacial score (nSPS) is 18.8. The summed E-state index contributed by atoms with van der Waals surface area (Å²) in [5, 5.41) is 3.98. The highest BCUT2D eigenvalue weighted by Gasteiger charge is 2.38. The number of fused-ring (bicyclic) bond motifs is 3. The lowest BCUT2D eigenvalue weighted by atomic mass is 9.86. The van der Waals surface area contributed by atoms with Crippen molar-refractivity contribution in [1.29, 1.82) is 0 Å². The molecule has 5 nitrogen and oxygen atoms in total. The summed E-state index contributed by atoms with van der Waals surface area (Å²) in [6, 6.07) is 12.7.